The van der Waals surface area contributed by atoms with Crippen molar-refractivity contribution in [3.8, 4) is 5.69 Å². The molecule has 5 nitrogen and oxygen atoms in total. The number of nitrogens with one attached hydrogen (secondary N) is 2. The van der Waals surface area contributed by atoms with Gasteiger partial charge in [0.05, 0.1) is 17.8 Å². The number of rotatable bonds is 4. The van der Waals surface area contributed by atoms with Crippen LogP contribution in [-0.2, 0) is 11.3 Å². The molecule has 1 saturated heterocycles. The van der Waals surface area contributed by atoms with Crippen molar-refractivity contribution in [1.29, 1.82) is 0 Å². The molecule has 0 bridgehead atoms. The zero-order chi connectivity index (χ0) is 14.7. The first-order valence-corrected chi connectivity index (χ1v) is 7.34. The van der Waals surface area contributed by atoms with E-state index in [-0.39, 0.29) is 17.9 Å². The molecule has 3 rings (SSSR count). The van der Waals surface area contributed by atoms with Crippen LogP contribution in [0.5, 0.6) is 0 Å². The lowest BCUT2D eigenvalue weighted by Crippen LogP contribution is -2.36. The van der Waals surface area contributed by atoms with Gasteiger partial charge in [0.1, 0.15) is 0 Å². The minimum absolute atomic E-state index is 0.0779. The number of carbonyl (C=O) groups excluding carboxylic acids is 1. The summed E-state index contributed by atoms with van der Waals surface area (Å²) in [6, 6.07) is 10.2. The maximum absolute atomic E-state index is 12.1. The quantitative estimate of drug-likeness (QED) is 0.894. The van der Waals surface area contributed by atoms with E-state index in [0.29, 0.717) is 6.54 Å². The average molecular weight is 284 g/mol. The van der Waals surface area contributed by atoms with Crippen LogP contribution in [0.3, 0.4) is 0 Å². The van der Waals surface area contributed by atoms with E-state index < -0.39 is 0 Å². The van der Waals surface area contributed by atoms with Crippen LogP contribution in [0.4, 0.5) is 0 Å². The predicted octanol–water partition coefficient (Wildman–Crippen LogP) is 1.49. The Morgan fingerprint density at radius 3 is 2.95 bits per heavy atom. The highest BCUT2D eigenvalue weighted by Gasteiger charge is 2.28. The van der Waals surface area contributed by atoms with Crippen LogP contribution >= 0.6 is 0 Å². The van der Waals surface area contributed by atoms with Crippen LogP contribution in [-0.4, -0.2) is 28.3 Å². The molecule has 110 valence electrons. The molecule has 21 heavy (non-hydrogen) atoms. The second-order valence-corrected chi connectivity index (χ2v) is 5.48. The molecule has 0 radical (unpaired) electrons. The molecule has 2 aromatic rings. The Bertz CT molecular complexity index is 608. The fraction of sp³-hybridized carbons (Fsp3) is 0.375. The average Bonchev–Trinajstić information content (AvgIpc) is 3.15. The summed E-state index contributed by atoms with van der Waals surface area (Å²) in [6.45, 7) is 3.50. The molecule has 1 aromatic heterocycles. The number of carbonyl (C=O) groups is 1. The summed E-state index contributed by atoms with van der Waals surface area (Å²) in [6.07, 6.45) is 4.66. The Kier molecular flexibility index (Phi) is 4.01. The second kappa shape index (κ2) is 6.10. The van der Waals surface area contributed by atoms with E-state index in [4.69, 9.17) is 0 Å². The van der Waals surface area contributed by atoms with Crippen LogP contribution in [0.15, 0.2) is 42.7 Å². The third-order valence-electron chi connectivity index (χ3n) is 3.99. The summed E-state index contributed by atoms with van der Waals surface area (Å²) >= 11 is 0. The van der Waals surface area contributed by atoms with Crippen molar-refractivity contribution in [2.45, 2.75) is 25.9 Å². The topological polar surface area (TPSA) is 59.0 Å². The van der Waals surface area contributed by atoms with E-state index in [2.05, 4.69) is 22.7 Å². The van der Waals surface area contributed by atoms with Crippen LogP contribution in [0.25, 0.3) is 5.69 Å². The predicted molar refractivity (Wildman–Crippen MR) is 81.0 cm³/mol. The molecule has 5 heteroatoms. The molecule has 0 aliphatic carbocycles. The zero-order valence-corrected chi connectivity index (χ0v) is 12.1. The van der Waals surface area contributed by atoms with Gasteiger partial charge in [0, 0.05) is 24.3 Å². The molecule has 2 unspecified atom stereocenters. The molecular formula is C16H20N4O. The lowest BCUT2D eigenvalue weighted by Gasteiger charge is -2.14. The smallest absolute Gasteiger partial charge is 0.224 e. The molecular weight excluding hydrogens is 264 g/mol. The molecule has 0 spiro atoms. The van der Waals surface area contributed by atoms with Crippen molar-refractivity contribution in [2.75, 3.05) is 6.54 Å². The van der Waals surface area contributed by atoms with E-state index in [1.54, 1.807) is 6.20 Å². The Morgan fingerprint density at radius 2 is 2.24 bits per heavy atom. The van der Waals surface area contributed by atoms with Gasteiger partial charge in [-0.15, -0.1) is 0 Å². The van der Waals surface area contributed by atoms with Gasteiger partial charge in [0.25, 0.3) is 0 Å². The van der Waals surface area contributed by atoms with E-state index in [9.17, 15) is 4.79 Å². The molecule has 1 amide bonds. The first-order valence-electron chi connectivity index (χ1n) is 7.34. The highest BCUT2D eigenvalue weighted by molar-refractivity contribution is 5.79. The standard InChI is InChI=1S/C16H20N4O/c1-12-15(7-8-17-12)16(21)18-9-13-10-19-20(11-13)14-5-3-2-4-6-14/h2-6,10-12,15,17H,7-9H2,1H3,(H,18,21). The van der Waals surface area contributed by atoms with Crippen molar-refractivity contribution < 1.29 is 4.79 Å². The summed E-state index contributed by atoms with van der Waals surface area (Å²) in [5.74, 6) is 0.203. The highest BCUT2D eigenvalue weighted by Crippen LogP contribution is 2.15. The molecule has 1 aliphatic rings. The van der Waals surface area contributed by atoms with Crippen molar-refractivity contribution in [3.63, 3.8) is 0 Å². The number of hydrogen-bond donors (Lipinski definition) is 2. The van der Waals surface area contributed by atoms with Crippen LogP contribution in [0, 0.1) is 5.92 Å². The first kappa shape index (κ1) is 13.8. The maximum atomic E-state index is 12.1. The molecule has 0 saturated carbocycles. The fourth-order valence-corrected chi connectivity index (χ4v) is 2.71. The van der Waals surface area contributed by atoms with Crippen molar-refractivity contribution in [2.24, 2.45) is 5.92 Å². The number of amides is 1. The molecule has 2 atom stereocenters. The second-order valence-electron chi connectivity index (χ2n) is 5.48. The van der Waals surface area contributed by atoms with Gasteiger partial charge >= 0.3 is 0 Å². The molecule has 2 heterocycles. The van der Waals surface area contributed by atoms with Crippen LogP contribution in [0.2, 0.25) is 0 Å². The lowest BCUT2D eigenvalue weighted by molar-refractivity contribution is -0.125. The summed E-state index contributed by atoms with van der Waals surface area (Å²) in [4.78, 5) is 12.1. The minimum Gasteiger partial charge on any atom is -0.352 e. The third-order valence-corrected chi connectivity index (χ3v) is 3.99. The number of nitrogens with zero attached hydrogens (tertiary/aromatic N) is 2. The van der Waals surface area contributed by atoms with Gasteiger partial charge in [0.2, 0.25) is 5.91 Å². The normalized spacial score (nSPS) is 21.4. The van der Waals surface area contributed by atoms with Crippen molar-refractivity contribution in [1.82, 2.24) is 20.4 Å². The number of hydrogen-bond acceptors (Lipinski definition) is 3. The summed E-state index contributed by atoms with van der Waals surface area (Å²) in [7, 11) is 0. The maximum Gasteiger partial charge on any atom is 0.224 e. The molecule has 1 aromatic carbocycles. The first-order chi connectivity index (χ1) is 10.2. The lowest BCUT2D eigenvalue weighted by atomic mass is 10.0. The van der Waals surface area contributed by atoms with Gasteiger partial charge in [-0.1, -0.05) is 18.2 Å². The monoisotopic (exact) mass is 284 g/mol. The Morgan fingerprint density at radius 1 is 1.43 bits per heavy atom. The summed E-state index contributed by atoms with van der Waals surface area (Å²) in [5.41, 5.74) is 2.02. The molecule has 2 N–H and O–H groups in total. The zero-order valence-electron chi connectivity index (χ0n) is 12.1. The van der Waals surface area contributed by atoms with Gasteiger partial charge in [-0.3, -0.25) is 4.79 Å². The fourth-order valence-electron chi connectivity index (χ4n) is 2.71. The van der Waals surface area contributed by atoms with Gasteiger partial charge in [0.15, 0.2) is 0 Å². The highest BCUT2D eigenvalue weighted by atomic mass is 16.1. The number of para-hydroxylation sites is 1. The Balaban J connectivity index is 1.59. The Hall–Kier alpha value is -2.14. The largest absolute Gasteiger partial charge is 0.352 e. The van der Waals surface area contributed by atoms with E-state index in [1.165, 1.54) is 0 Å². The third kappa shape index (κ3) is 3.13. The van der Waals surface area contributed by atoms with Gasteiger partial charge in [-0.25, -0.2) is 4.68 Å². The Labute approximate surface area is 124 Å². The van der Waals surface area contributed by atoms with E-state index >= 15 is 0 Å². The number of benzene rings is 1. The van der Waals surface area contributed by atoms with Crippen LogP contribution < -0.4 is 10.6 Å². The van der Waals surface area contributed by atoms with Gasteiger partial charge < -0.3 is 10.6 Å². The number of aromatic nitrogens is 2. The van der Waals surface area contributed by atoms with E-state index in [1.807, 2.05) is 41.2 Å². The molecule has 1 aliphatic heterocycles. The minimum atomic E-state index is 0.0779. The summed E-state index contributed by atoms with van der Waals surface area (Å²) < 4.78 is 1.82. The van der Waals surface area contributed by atoms with Crippen LogP contribution in [0.1, 0.15) is 18.9 Å². The van der Waals surface area contributed by atoms with Crippen molar-refractivity contribution in [3.05, 3.63) is 48.3 Å². The van der Waals surface area contributed by atoms with E-state index in [0.717, 1.165) is 24.2 Å². The SMILES string of the molecule is CC1NCCC1C(=O)NCc1cnn(-c2ccccc2)c1. The van der Waals surface area contributed by atoms with Crippen molar-refractivity contribution >= 4 is 5.91 Å². The van der Waals surface area contributed by atoms with Gasteiger partial charge in [-0.05, 0) is 32.0 Å². The summed E-state index contributed by atoms with van der Waals surface area (Å²) in [5, 5.41) is 10.6. The molecule has 1 fully saturated rings. The van der Waals surface area contributed by atoms with Gasteiger partial charge in [-0.2, -0.15) is 5.10 Å².